The fourth-order valence-corrected chi connectivity index (χ4v) is 5.43. The predicted octanol–water partition coefficient (Wildman–Crippen LogP) is 4.83. The van der Waals surface area contributed by atoms with Crippen molar-refractivity contribution in [1.29, 1.82) is 0 Å². The number of amides is 1. The van der Waals surface area contributed by atoms with Crippen LogP contribution >= 0.6 is 0 Å². The lowest BCUT2D eigenvalue weighted by Gasteiger charge is -2.36. The Morgan fingerprint density at radius 2 is 2.00 bits per heavy atom. The molecule has 3 N–H and O–H groups in total. The summed E-state index contributed by atoms with van der Waals surface area (Å²) in [6.07, 6.45) is 7.71. The van der Waals surface area contributed by atoms with E-state index in [9.17, 15) is 4.79 Å². The van der Waals surface area contributed by atoms with E-state index < -0.39 is 0 Å². The van der Waals surface area contributed by atoms with Crippen LogP contribution in [0, 0.1) is 5.92 Å². The van der Waals surface area contributed by atoms with Gasteiger partial charge in [-0.15, -0.1) is 0 Å². The van der Waals surface area contributed by atoms with Gasteiger partial charge in [-0.25, -0.2) is 9.97 Å². The van der Waals surface area contributed by atoms with Gasteiger partial charge in [-0.05, 0) is 54.4 Å². The maximum absolute atomic E-state index is 11.3. The van der Waals surface area contributed by atoms with Crippen LogP contribution in [0.2, 0.25) is 0 Å². The van der Waals surface area contributed by atoms with E-state index >= 15 is 0 Å². The zero-order valence-corrected chi connectivity index (χ0v) is 19.8. The first-order valence-corrected chi connectivity index (χ1v) is 12.3. The van der Waals surface area contributed by atoms with Crippen molar-refractivity contribution < 1.29 is 9.53 Å². The fourth-order valence-electron chi connectivity index (χ4n) is 5.43. The summed E-state index contributed by atoms with van der Waals surface area (Å²) in [5.74, 6) is 1.92. The first kappa shape index (κ1) is 21.6. The van der Waals surface area contributed by atoms with Gasteiger partial charge >= 0.3 is 0 Å². The molecule has 35 heavy (non-hydrogen) atoms. The van der Waals surface area contributed by atoms with Crippen molar-refractivity contribution >= 4 is 22.8 Å². The van der Waals surface area contributed by atoms with Gasteiger partial charge in [0.1, 0.15) is 29.6 Å². The van der Waals surface area contributed by atoms with Crippen molar-refractivity contribution in [2.75, 3.05) is 12.3 Å². The summed E-state index contributed by atoms with van der Waals surface area (Å²) in [5.41, 5.74) is 11.7. The summed E-state index contributed by atoms with van der Waals surface area (Å²) >= 11 is 0. The van der Waals surface area contributed by atoms with Gasteiger partial charge < -0.3 is 20.4 Å². The van der Waals surface area contributed by atoms with Gasteiger partial charge in [-0.1, -0.05) is 42.5 Å². The summed E-state index contributed by atoms with van der Waals surface area (Å²) in [6, 6.07) is 17.2. The quantitative estimate of drug-likeness (QED) is 0.438. The second kappa shape index (κ2) is 8.73. The number of carbonyl (C=O) groups is 1. The molecule has 1 saturated carbocycles. The van der Waals surface area contributed by atoms with Gasteiger partial charge in [-0.2, -0.15) is 0 Å². The molecule has 0 saturated heterocycles. The molecule has 2 aromatic carbocycles. The number of hydrogen-bond acceptors (Lipinski definition) is 5. The number of nitrogens with one attached hydrogen (secondary N) is 1. The number of benzene rings is 2. The largest absolute Gasteiger partial charge is 0.485 e. The van der Waals surface area contributed by atoms with Gasteiger partial charge in [-0.3, -0.25) is 4.79 Å². The number of fused-ring (bicyclic) bond motifs is 2. The first-order chi connectivity index (χ1) is 17.1. The molecule has 4 aromatic rings. The van der Waals surface area contributed by atoms with E-state index in [1.165, 1.54) is 17.5 Å². The lowest BCUT2D eigenvalue weighted by atomic mass is 9.80. The van der Waals surface area contributed by atoms with Crippen molar-refractivity contribution in [3.05, 3.63) is 72.2 Å². The number of anilines is 1. The van der Waals surface area contributed by atoms with E-state index in [0.717, 1.165) is 60.1 Å². The van der Waals surface area contributed by atoms with Gasteiger partial charge in [0, 0.05) is 31.3 Å². The average molecular weight is 468 g/mol. The number of carbonyl (C=O) groups excluding carboxylic acids is 1. The van der Waals surface area contributed by atoms with E-state index in [4.69, 9.17) is 10.5 Å². The number of nitrogens with zero attached hydrogens (tertiary/aromatic N) is 3. The number of aromatic nitrogens is 3. The minimum atomic E-state index is 0.0202. The maximum Gasteiger partial charge on any atom is 0.216 e. The summed E-state index contributed by atoms with van der Waals surface area (Å²) in [5, 5.41) is 3.82. The lowest BCUT2D eigenvalue weighted by molar-refractivity contribution is -0.119. The summed E-state index contributed by atoms with van der Waals surface area (Å²) in [6.45, 7) is 2.28. The van der Waals surface area contributed by atoms with Crippen LogP contribution in [0.3, 0.4) is 0 Å². The van der Waals surface area contributed by atoms with E-state index in [0.29, 0.717) is 17.8 Å². The molecule has 0 spiro atoms. The third-order valence-corrected chi connectivity index (χ3v) is 7.38. The number of nitrogen functional groups attached to an aromatic ring is 1. The third-order valence-electron chi connectivity index (χ3n) is 7.38. The Balaban J connectivity index is 1.32. The van der Waals surface area contributed by atoms with Crippen molar-refractivity contribution in [2.45, 2.75) is 44.8 Å². The van der Waals surface area contributed by atoms with Crippen LogP contribution in [-0.2, 0) is 11.2 Å². The van der Waals surface area contributed by atoms with Crippen LogP contribution in [0.5, 0.6) is 5.75 Å². The van der Waals surface area contributed by atoms with Crippen molar-refractivity contribution in [2.24, 2.45) is 5.92 Å². The predicted molar refractivity (Wildman–Crippen MR) is 136 cm³/mol. The zero-order valence-electron chi connectivity index (χ0n) is 19.8. The fraction of sp³-hybridized carbons (Fsp3) is 0.321. The molecule has 2 aromatic heterocycles. The van der Waals surface area contributed by atoms with Crippen LogP contribution in [0.15, 0.2) is 61.1 Å². The lowest BCUT2D eigenvalue weighted by Crippen LogP contribution is -2.36. The summed E-state index contributed by atoms with van der Waals surface area (Å²) in [4.78, 5) is 20.1. The van der Waals surface area contributed by atoms with Crippen molar-refractivity contribution in [3.8, 4) is 16.9 Å². The van der Waals surface area contributed by atoms with Crippen molar-refractivity contribution in [1.82, 2.24) is 19.9 Å². The Labute approximate surface area is 204 Å². The molecule has 1 aliphatic carbocycles. The van der Waals surface area contributed by atoms with Gasteiger partial charge in [0.2, 0.25) is 5.91 Å². The molecule has 1 atom stereocenters. The van der Waals surface area contributed by atoms with Gasteiger partial charge in [0.05, 0.1) is 5.39 Å². The molecule has 1 fully saturated rings. The maximum atomic E-state index is 11.3. The molecule has 6 rings (SSSR count). The van der Waals surface area contributed by atoms with Gasteiger partial charge in [0.25, 0.3) is 0 Å². The Morgan fingerprint density at radius 3 is 2.80 bits per heavy atom. The highest BCUT2D eigenvalue weighted by Crippen LogP contribution is 2.44. The van der Waals surface area contributed by atoms with Crippen LogP contribution in [0.25, 0.3) is 22.2 Å². The Kier molecular flexibility index (Phi) is 5.40. The molecular weight excluding hydrogens is 438 g/mol. The van der Waals surface area contributed by atoms with E-state index in [-0.39, 0.29) is 12.0 Å². The molecule has 178 valence electrons. The number of hydrogen-bond donors (Lipinski definition) is 2. The number of rotatable bonds is 5. The molecule has 3 heterocycles. The molecule has 1 amide bonds. The van der Waals surface area contributed by atoms with Crippen LogP contribution in [-0.4, -0.2) is 27.0 Å². The highest BCUT2D eigenvalue weighted by atomic mass is 16.5. The molecule has 0 unspecified atom stereocenters. The average Bonchev–Trinajstić information content (AvgIpc) is 3.23. The second-order valence-electron chi connectivity index (χ2n) is 9.71. The van der Waals surface area contributed by atoms with E-state index in [2.05, 4.69) is 68.5 Å². The SMILES string of the molecule is CC(=O)NCC1CC(n2cc(-c3ccc4c(c3)O[C@@H](c3ccccc3)CC4)c3c(N)ncnc32)C1. The Morgan fingerprint density at radius 1 is 1.17 bits per heavy atom. The molecule has 0 radical (unpaired) electrons. The van der Waals surface area contributed by atoms with Crippen LogP contribution in [0.1, 0.15) is 49.5 Å². The Bertz CT molecular complexity index is 1390. The van der Waals surface area contributed by atoms with Gasteiger partial charge in [0.15, 0.2) is 0 Å². The highest BCUT2D eigenvalue weighted by molar-refractivity contribution is 6.00. The molecule has 0 bridgehead atoms. The Hall–Kier alpha value is -3.87. The summed E-state index contributed by atoms with van der Waals surface area (Å²) < 4.78 is 8.70. The summed E-state index contributed by atoms with van der Waals surface area (Å²) in [7, 11) is 0. The minimum absolute atomic E-state index is 0.0202. The number of ether oxygens (including phenoxy) is 1. The zero-order chi connectivity index (χ0) is 23.9. The van der Waals surface area contributed by atoms with E-state index in [1.54, 1.807) is 6.92 Å². The first-order valence-electron chi connectivity index (χ1n) is 12.3. The second-order valence-corrected chi connectivity index (χ2v) is 9.71. The highest BCUT2D eigenvalue weighted by Gasteiger charge is 2.32. The number of aryl methyl sites for hydroxylation is 1. The number of nitrogens with two attached hydrogens (primary N) is 1. The third kappa shape index (κ3) is 4.01. The monoisotopic (exact) mass is 467 g/mol. The van der Waals surface area contributed by atoms with E-state index in [1.807, 2.05) is 6.07 Å². The standard InChI is InChI=1S/C28H29N5O2/c1-17(34)30-14-18-11-22(12-18)33-15-23(26-27(29)31-16-32-28(26)33)21-8-7-20-9-10-24(35-25(20)13-21)19-5-3-2-4-6-19/h2-8,13,15-16,18,22,24H,9-12,14H2,1H3,(H,30,34)(H2,29,31,32)/t18?,22?,24-/m1/s1. The topological polar surface area (TPSA) is 95.1 Å². The normalized spacial score (nSPS) is 21.1. The minimum Gasteiger partial charge on any atom is -0.485 e. The van der Waals surface area contributed by atoms with Crippen LogP contribution in [0.4, 0.5) is 5.82 Å². The molecule has 7 heteroatoms. The molecular formula is C28H29N5O2. The van der Waals surface area contributed by atoms with Crippen LogP contribution < -0.4 is 15.8 Å². The van der Waals surface area contributed by atoms with Crippen molar-refractivity contribution in [3.63, 3.8) is 0 Å². The molecule has 2 aliphatic rings. The molecule has 1 aliphatic heterocycles. The molecule has 7 nitrogen and oxygen atoms in total. The smallest absolute Gasteiger partial charge is 0.216 e.